The summed E-state index contributed by atoms with van der Waals surface area (Å²) in [5.74, 6) is 0. The van der Waals surface area contributed by atoms with Gasteiger partial charge in [0.25, 0.3) is 0 Å². The van der Waals surface area contributed by atoms with Gasteiger partial charge >= 0.3 is 0 Å². The maximum atomic E-state index is 5.43. The lowest BCUT2D eigenvalue weighted by atomic mass is 10.1. The van der Waals surface area contributed by atoms with Gasteiger partial charge in [-0.05, 0) is 20.3 Å². The zero-order valence-corrected chi connectivity index (χ0v) is 5.07. The first-order valence-corrected chi connectivity index (χ1v) is 2.53. The SMILES string of the molecule is C=C(C)C[C@H](C)N. The summed E-state index contributed by atoms with van der Waals surface area (Å²) in [4.78, 5) is 0. The van der Waals surface area contributed by atoms with Crippen LogP contribution in [0.3, 0.4) is 0 Å². The predicted molar refractivity (Wildman–Crippen MR) is 33.1 cm³/mol. The molecule has 0 aromatic rings. The predicted octanol–water partition coefficient (Wildman–Crippen LogP) is 1.30. The fourth-order valence-electron chi connectivity index (χ4n) is 0.550. The Morgan fingerprint density at radius 3 is 2.29 bits per heavy atom. The molecule has 2 N–H and O–H groups in total. The molecule has 0 aromatic heterocycles. The number of rotatable bonds is 2. The first-order chi connectivity index (χ1) is 3.13. The smallest absolute Gasteiger partial charge is 0.00474 e. The standard InChI is InChI=1S/C6H13N/c1-5(2)4-6(3)7/h6H,1,4,7H2,2-3H3/t6-/m0/s1. The average Bonchev–Trinajstić information content (AvgIpc) is 1.27. The molecule has 0 saturated carbocycles. The van der Waals surface area contributed by atoms with Crippen LogP contribution in [0, 0.1) is 0 Å². The van der Waals surface area contributed by atoms with E-state index in [-0.39, 0.29) is 6.04 Å². The second kappa shape index (κ2) is 2.80. The Bertz CT molecular complexity index is 64.6. The quantitative estimate of drug-likeness (QED) is 0.519. The summed E-state index contributed by atoms with van der Waals surface area (Å²) in [6.07, 6.45) is 0.944. The molecular weight excluding hydrogens is 86.1 g/mol. The van der Waals surface area contributed by atoms with Gasteiger partial charge in [0.2, 0.25) is 0 Å². The van der Waals surface area contributed by atoms with Crippen LogP contribution in [-0.4, -0.2) is 6.04 Å². The van der Waals surface area contributed by atoms with Gasteiger partial charge in [-0.2, -0.15) is 0 Å². The number of hydrogen-bond donors (Lipinski definition) is 1. The molecule has 0 saturated heterocycles. The normalized spacial score (nSPS) is 13.6. The highest BCUT2D eigenvalue weighted by molar-refractivity contribution is 4.90. The maximum Gasteiger partial charge on any atom is 0.00474 e. The first kappa shape index (κ1) is 6.70. The number of hydrogen-bond acceptors (Lipinski definition) is 1. The van der Waals surface area contributed by atoms with Gasteiger partial charge in [-0.1, -0.05) is 5.57 Å². The summed E-state index contributed by atoms with van der Waals surface area (Å²) in [5, 5.41) is 0. The zero-order chi connectivity index (χ0) is 5.86. The van der Waals surface area contributed by atoms with Gasteiger partial charge in [0.15, 0.2) is 0 Å². The molecule has 1 atom stereocenters. The van der Waals surface area contributed by atoms with E-state index >= 15 is 0 Å². The van der Waals surface area contributed by atoms with Gasteiger partial charge in [0, 0.05) is 6.04 Å². The molecule has 1 nitrogen and oxygen atoms in total. The van der Waals surface area contributed by atoms with Crippen LogP contribution in [0.5, 0.6) is 0 Å². The topological polar surface area (TPSA) is 26.0 Å². The lowest BCUT2D eigenvalue weighted by Crippen LogP contribution is -2.14. The second-order valence-corrected chi connectivity index (χ2v) is 2.14. The zero-order valence-electron chi connectivity index (χ0n) is 5.07. The highest BCUT2D eigenvalue weighted by Crippen LogP contribution is 1.96. The van der Waals surface area contributed by atoms with E-state index in [1.54, 1.807) is 0 Å². The van der Waals surface area contributed by atoms with Crippen molar-refractivity contribution in [3.8, 4) is 0 Å². The third-order valence-corrected chi connectivity index (χ3v) is 0.670. The van der Waals surface area contributed by atoms with Crippen molar-refractivity contribution in [2.75, 3.05) is 0 Å². The highest BCUT2D eigenvalue weighted by atomic mass is 14.6. The van der Waals surface area contributed by atoms with Gasteiger partial charge in [0.05, 0.1) is 0 Å². The summed E-state index contributed by atoms with van der Waals surface area (Å²) in [6.45, 7) is 7.69. The summed E-state index contributed by atoms with van der Waals surface area (Å²) < 4.78 is 0. The van der Waals surface area contributed by atoms with Crippen molar-refractivity contribution in [2.45, 2.75) is 26.3 Å². The summed E-state index contributed by atoms with van der Waals surface area (Å²) in [6, 6.07) is 0.275. The molecule has 7 heavy (non-hydrogen) atoms. The summed E-state index contributed by atoms with van der Waals surface area (Å²) >= 11 is 0. The molecule has 0 amide bonds. The van der Waals surface area contributed by atoms with Crippen molar-refractivity contribution in [3.63, 3.8) is 0 Å². The van der Waals surface area contributed by atoms with Crippen LogP contribution >= 0.6 is 0 Å². The molecule has 0 aliphatic heterocycles. The molecule has 0 spiro atoms. The molecule has 0 rings (SSSR count). The van der Waals surface area contributed by atoms with Crippen molar-refractivity contribution in [3.05, 3.63) is 12.2 Å². The van der Waals surface area contributed by atoms with Crippen LogP contribution in [0.1, 0.15) is 20.3 Å². The van der Waals surface area contributed by atoms with Gasteiger partial charge < -0.3 is 5.73 Å². The summed E-state index contributed by atoms with van der Waals surface area (Å²) in [7, 11) is 0. The van der Waals surface area contributed by atoms with E-state index in [0.717, 1.165) is 12.0 Å². The van der Waals surface area contributed by atoms with Gasteiger partial charge in [-0.15, -0.1) is 6.58 Å². The van der Waals surface area contributed by atoms with Crippen LogP contribution in [0.2, 0.25) is 0 Å². The molecule has 0 aromatic carbocycles. The van der Waals surface area contributed by atoms with Crippen LogP contribution in [0.4, 0.5) is 0 Å². The maximum absolute atomic E-state index is 5.43. The molecule has 0 unspecified atom stereocenters. The van der Waals surface area contributed by atoms with E-state index in [4.69, 9.17) is 5.73 Å². The van der Waals surface area contributed by atoms with Crippen LogP contribution in [0.25, 0.3) is 0 Å². The van der Waals surface area contributed by atoms with E-state index in [1.165, 1.54) is 0 Å². The molecule has 1 heteroatoms. The molecule has 0 radical (unpaired) electrons. The van der Waals surface area contributed by atoms with Crippen molar-refractivity contribution in [1.29, 1.82) is 0 Å². The van der Waals surface area contributed by atoms with Crippen molar-refractivity contribution in [1.82, 2.24) is 0 Å². The van der Waals surface area contributed by atoms with E-state index in [2.05, 4.69) is 6.58 Å². The van der Waals surface area contributed by atoms with Crippen molar-refractivity contribution >= 4 is 0 Å². The molecular formula is C6H13N. The Morgan fingerprint density at radius 1 is 1.86 bits per heavy atom. The Labute approximate surface area is 45.2 Å². The lowest BCUT2D eigenvalue weighted by Gasteiger charge is -2.00. The average molecular weight is 99.2 g/mol. The minimum Gasteiger partial charge on any atom is -0.328 e. The Morgan fingerprint density at radius 2 is 2.29 bits per heavy atom. The van der Waals surface area contributed by atoms with Crippen LogP contribution in [0.15, 0.2) is 12.2 Å². The van der Waals surface area contributed by atoms with Gasteiger partial charge in [-0.25, -0.2) is 0 Å². The Kier molecular flexibility index (Phi) is 2.68. The fourth-order valence-corrected chi connectivity index (χ4v) is 0.550. The third-order valence-electron chi connectivity index (χ3n) is 0.670. The van der Waals surface area contributed by atoms with Crippen molar-refractivity contribution in [2.24, 2.45) is 5.73 Å². The van der Waals surface area contributed by atoms with Crippen LogP contribution < -0.4 is 5.73 Å². The first-order valence-electron chi connectivity index (χ1n) is 2.53. The molecule has 0 fully saturated rings. The Hall–Kier alpha value is -0.300. The van der Waals surface area contributed by atoms with Crippen LogP contribution in [-0.2, 0) is 0 Å². The molecule has 0 aliphatic rings. The lowest BCUT2D eigenvalue weighted by molar-refractivity contribution is 0.733. The second-order valence-electron chi connectivity index (χ2n) is 2.14. The molecule has 42 valence electrons. The fraction of sp³-hybridized carbons (Fsp3) is 0.667. The molecule has 0 aliphatic carbocycles. The third kappa shape index (κ3) is 5.70. The summed E-state index contributed by atoms with van der Waals surface area (Å²) in [5.41, 5.74) is 6.59. The van der Waals surface area contributed by atoms with Gasteiger partial charge in [0.1, 0.15) is 0 Å². The minimum atomic E-state index is 0.275. The Balaban J connectivity index is 3.13. The van der Waals surface area contributed by atoms with E-state index in [0.29, 0.717) is 0 Å². The molecule has 0 bridgehead atoms. The van der Waals surface area contributed by atoms with E-state index in [1.807, 2.05) is 13.8 Å². The largest absolute Gasteiger partial charge is 0.328 e. The number of nitrogens with two attached hydrogens (primary N) is 1. The molecule has 0 heterocycles. The van der Waals surface area contributed by atoms with E-state index in [9.17, 15) is 0 Å². The highest BCUT2D eigenvalue weighted by Gasteiger charge is 1.90. The van der Waals surface area contributed by atoms with Gasteiger partial charge in [-0.3, -0.25) is 0 Å². The monoisotopic (exact) mass is 99.1 g/mol. The minimum absolute atomic E-state index is 0.275. The van der Waals surface area contributed by atoms with E-state index < -0.39 is 0 Å². The van der Waals surface area contributed by atoms with Crippen molar-refractivity contribution < 1.29 is 0 Å².